The van der Waals surface area contributed by atoms with Crippen LogP contribution in [0.25, 0.3) is 0 Å². The van der Waals surface area contributed by atoms with Crippen molar-refractivity contribution in [2.45, 2.75) is 13.0 Å². The van der Waals surface area contributed by atoms with E-state index in [-0.39, 0.29) is 0 Å². The summed E-state index contributed by atoms with van der Waals surface area (Å²) in [5.41, 5.74) is 1.23. The van der Waals surface area contributed by atoms with E-state index in [9.17, 15) is 0 Å². The average Bonchev–Trinajstić information content (AvgIpc) is 2.85. The molecule has 1 unspecified atom stereocenters. The Balaban J connectivity index is 1.63. The van der Waals surface area contributed by atoms with Crippen LogP contribution in [-0.4, -0.2) is 56.1 Å². The molecule has 0 amide bonds. The van der Waals surface area contributed by atoms with Gasteiger partial charge in [-0.05, 0) is 20.0 Å². The third kappa shape index (κ3) is 3.84. The fourth-order valence-corrected chi connectivity index (χ4v) is 2.15. The summed E-state index contributed by atoms with van der Waals surface area (Å²) in [6, 6.07) is 2.40. The third-order valence-corrected chi connectivity index (χ3v) is 3.52. The lowest BCUT2D eigenvalue weighted by molar-refractivity contribution is 0.154. The third-order valence-electron chi connectivity index (χ3n) is 3.52. The van der Waals surface area contributed by atoms with E-state index in [4.69, 9.17) is 4.42 Å². The molecule has 0 spiro atoms. The van der Waals surface area contributed by atoms with Gasteiger partial charge >= 0.3 is 0 Å². The van der Waals surface area contributed by atoms with Crippen LogP contribution >= 0.6 is 0 Å². The first-order valence-electron chi connectivity index (χ1n) is 6.42. The number of hydrogen-bond acceptors (Lipinski definition) is 4. The first-order valence-corrected chi connectivity index (χ1v) is 6.42. The molecule has 4 nitrogen and oxygen atoms in total. The van der Waals surface area contributed by atoms with Gasteiger partial charge in [0, 0.05) is 50.9 Å². The number of piperazine rings is 1. The summed E-state index contributed by atoms with van der Waals surface area (Å²) in [7, 11) is 2.19. The van der Waals surface area contributed by atoms with Crippen LogP contribution in [0.5, 0.6) is 0 Å². The molecule has 1 atom stereocenters. The van der Waals surface area contributed by atoms with E-state index in [0.29, 0.717) is 6.04 Å². The summed E-state index contributed by atoms with van der Waals surface area (Å²) >= 11 is 0. The topological polar surface area (TPSA) is 31.6 Å². The first-order chi connectivity index (χ1) is 8.25. The summed E-state index contributed by atoms with van der Waals surface area (Å²) in [6.07, 6.45) is 3.54. The maximum Gasteiger partial charge on any atom is 0.0950 e. The molecule has 17 heavy (non-hydrogen) atoms. The van der Waals surface area contributed by atoms with E-state index >= 15 is 0 Å². The number of likely N-dealkylation sites (N-methyl/N-ethyl adjacent to an activating group) is 1. The van der Waals surface area contributed by atoms with Crippen molar-refractivity contribution >= 4 is 0 Å². The Kier molecular flexibility index (Phi) is 4.59. The van der Waals surface area contributed by atoms with Crippen LogP contribution < -0.4 is 5.32 Å². The monoisotopic (exact) mass is 237 g/mol. The van der Waals surface area contributed by atoms with Gasteiger partial charge in [-0.3, -0.25) is 4.90 Å². The minimum absolute atomic E-state index is 0.376. The molecule has 1 N–H and O–H groups in total. The van der Waals surface area contributed by atoms with Crippen molar-refractivity contribution < 1.29 is 4.42 Å². The molecular weight excluding hydrogens is 214 g/mol. The van der Waals surface area contributed by atoms with Crippen LogP contribution in [0, 0.1) is 0 Å². The van der Waals surface area contributed by atoms with Gasteiger partial charge in [-0.25, -0.2) is 0 Å². The molecule has 0 aliphatic carbocycles. The molecule has 1 aromatic rings. The van der Waals surface area contributed by atoms with Crippen molar-refractivity contribution in [3.05, 3.63) is 24.2 Å². The Morgan fingerprint density at radius 3 is 2.76 bits per heavy atom. The number of nitrogens with one attached hydrogen (secondary N) is 1. The minimum atomic E-state index is 0.376. The van der Waals surface area contributed by atoms with Crippen molar-refractivity contribution in [3.63, 3.8) is 0 Å². The quantitative estimate of drug-likeness (QED) is 0.833. The molecule has 0 radical (unpaired) electrons. The summed E-state index contributed by atoms with van der Waals surface area (Å²) < 4.78 is 5.09. The lowest BCUT2D eigenvalue weighted by Crippen LogP contribution is -2.46. The van der Waals surface area contributed by atoms with Crippen molar-refractivity contribution in [2.75, 3.05) is 46.3 Å². The van der Waals surface area contributed by atoms with E-state index in [2.05, 4.69) is 29.1 Å². The Bertz CT molecular complexity index is 304. The Morgan fingerprint density at radius 1 is 1.35 bits per heavy atom. The Morgan fingerprint density at radius 2 is 2.12 bits per heavy atom. The molecule has 4 heteroatoms. The molecule has 1 aliphatic heterocycles. The smallest absolute Gasteiger partial charge is 0.0950 e. The predicted molar refractivity (Wildman–Crippen MR) is 69.1 cm³/mol. The van der Waals surface area contributed by atoms with E-state index in [1.807, 2.05) is 12.3 Å². The standard InChI is InChI=1S/C13H23N3O/c1-12(13-3-10-17-11-13)14-4-5-16-8-6-15(2)7-9-16/h3,10-12,14H,4-9H2,1-2H3. The van der Waals surface area contributed by atoms with Gasteiger partial charge in [-0.1, -0.05) is 0 Å². The van der Waals surface area contributed by atoms with Crippen molar-refractivity contribution in [1.82, 2.24) is 15.1 Å². The fourth-order valence-electron chi connectivity index (χ4n) is 2.15. The fraction of sp³-hybridized carbons (Fsp3) is 0.692. The molecule has 96 valence electrons. The van der Waals surface area contributed by atoms with Crippen LogP contribution in [-0.2, 0) is 0 Å². The number of hydrogen-bond donors (Lipinski definition) is 1. The highest BCUT2D eigenvalue weighted by atomic mass is 16.3. The summed E-state index contributed by atoms with van der Waals surface area (Å²) in [5.74, 6) is 0. The van der Waals surface area contributed by atoms with Gasteiger partial charge in [0.15, 0.2) is 0 Å². The predicted octanol–water partition coefficient (Wildman–Crippen LogP) is 1.18. The number of furan rings is 1. The summed E-state index contributed by atoms with van der Waals surface area (Å²) in [6.45, 7) is 9.12. The van der Waals surface area contributed by atoms with Crippen LogP contribution in [0.4, 0.5) is 0 Å². The molecule has 1 saturated heterocycles. The van der Waals surface area contributed by atoms with Crippen LogP contribution in [0.1, 0.15) is 18.5 Å². The van der Waals surface area contributed by atoms with Gasteiger partial charge in [-0.2, -0.15) is 0 Å². The van der Waals surface area contributed by atoms with Crippen molar-refractivity contribution in [2.24, 2.45) is 0 Å². The van der Waals surface area contributed by atoms with E-state index in [1.165, 1.54) is 31.7 Å². The largest absolute Gasteiger partial charge is 0.472 e. The molecule has 2 rings (SSSR count). The summed E-state index contributed by atoms with van der Waals surface area (Å²) in [5, 5.41) is 3.53. The maximum absolute atomic E-state index is 5.09. The maximum atomic E-state index is 5.09. The zero-order chi connectivity index (χ0) is 12.1. The van der Waals surface area contributed by atoms with Gasteiger partial charge in [0.1, 0.15) is 0 Å². The molecule has 1 aliphatic rings. The van der Waals surface area contributed by atoms with Crippen molar-refractivity contribution in [3.8, 4) is 0 Å². The second kappa shape index (κ2) is 6.19. The van der Waals surface area contributed by atoms with Crippen LogP contribution in [0.2, 0.25) is 0 Å². The Hall–Kier alpha value is -0.840. The normalized spacial score (nSPS) is 20.6. The molecular formula is C13H23N3O. The molecule has 0 saturated carbocycles. The second-order valence-electron chi connectivity index (χ2n) is 4.88. The molecule has 0 bridgehead atoms. The average molecular weight is 237 g/mol. The van der Waals surface area contributed by atoms with Gasteiger partial charge < -0.3 is 14.6 Å². The lowest BCUT2D eigenvalue weighted by Gasteiger charge is -2.32. The van der Waals surface area contributed by atoms with Gasteiger partial charge in [0.2, 0.25) is 0 Å². The molecule has 0 aromatic carbocycles. The highest BCUT2D eigenvalue weighted by molar-refractivity contribution is 5.10. The zero-order valence-corrected chi connectivity index (χ0v) is 10.9. The van der Waals surface area contributed by atoms with Gasteiger partial charge in [-0.15, -0.1) is 0 Å². The molecule has 2 heterocycles. The number of nitrogens with zero attached hydrogens (tertiary/aromatic N) is 2. The second-order valence-corrected chi connectivity index (χ2v) is 4.88. The summed E-state index contributed by atoms with van der Waals surface area (Å²) in [4.78, 5) is 4.91. The van der Waals surface area contributed by atoms with Gasteiger partial charge in [0.05, 0.1) is 12.5 Å². The molecule has 1 aromatic heterocycles. The SMILES string of the molecule is CC(NCCN1CCN(C)CC1)c1ccoc1. The minimum Gasteiger partial charge on any atom is -0.472 e. The number of rotatable bonds is 5. The van der Waals surface area contributed by atoms with Crippen molar-refractivity contribution in [1.29, 1.82) is 0 Å². The first kappa shape index (κ1) is 12.6. The van der Waals surface area contributed by atoms with E-state index in [1.54, 1.807) is 6.26 Å². The highest BCUT2D eigenvalue weighted by Crippen LogP contribution is 2.11. The van der Waals surface area contributed by atoms with Crippen LogP contribution in [0.3, 0.4) is 0 Å². The lowest BCUT2D eigenvalue weighted by atomic mass is 10.2. The van der Waals surface area contributed by atoms with Gasteiger partial charge in [0.25, 0.3) is 0 Å². The Labute approximate surface area is 104 Å². The van der Waals surface area contributed by atoms with E-state index in [0.717, 1.165) is 13.1 Å². The highest BCUT2D eigenvalue weighted by Gasteiger charge is 2.13. The zero-order valence-electron chi connectivity index (χ0n) is 10.9. The van der Waals surface area contributed by atoms with Crippen LogP contribution in [0.15, 0.2) is 23.0 Å². The van der Waals surface area contributed by atoms with E-state index < -0.39 is 0 Å². The molecule has 1 fully saturated rings.